The molecule has 5 heterocycles. The normalized spacial score (nSPS) is 16.8. The number of anilines is 1. The highest BCUT2D eigenvalue weighted by Gasteiger charge is 2.32. The molecule has 190 valence electrons. The monoisotopic (exact) mass is 520 g/mol. The number of aryl methyl sites for hydroxylation is 1. The van der Waals surface area contributed by atoms with Gasteiger partial charge in [0.05, 0.1) is 5.69 Å². The molecule has 1 atom stereocenters. The van der Waals surface area contributed by atoms with Crippen molar-refractivity contribution in [3.05, 3.63) is 61.3 Å². The van der Waals surface area contributed by atoms with Crippen molar-refractivity contribution in [3.63, 3.8) is 0 Å². The van der Waals surface area contributed by atoms with Gasteiger partial charge in [0.25, 0.3) is 10.0 Å². The van der Waals surface area contributed by atoms with Gasteiger partial charge >= 0.3 is 5.84 Å². The predicted octanol–water partition coefficient (Wildman–Crippen LogP) is 2.76. The molecule has 37 heavy (non-hydrogen) atoms. The van der Waals surface area contributed by atoms with Crippen LogP contribution in [0.3, 0.4) is 0 Å². The third kappa shape index (κ3) is 4.32. The molecule has 13 heteroatoms. The van der Waals surface area contributed by atoms with Crippen LogP contribution in [0.1, 0.15) is 12.8 Å². The van der Waals surface area contributed by atoms with Crippen molar-refractivity contribution in [2.24, 2.45) is 7.05 Å². The summed E-state index contributed by atoms with van der Waals surface area (Å²) in [6, 6.07) is 9.92. The molecule has 0 aliphatic carbocycles. The number of phenols is 1. The van der Waals surface area contributed by atoms with Gasteiger partial charge in [0.1, 0.15) is 23.4 Å². The lowest BCUT2D eigenvalue weighted by Crippen LogP contribution is -2.45. The van der Waals surface area contributed by atoms with Gasteiger partial charge in [-0.05, 0) is 37.1 Å². The van der Waals surface area contributed by atoms with Gasteiger partial charge < -0.3 is 14.8 Å². The van der Waals surface area contributed by atoms with Gasteiger partial charge in [0, 0.05) is 50.3 Å². The summed E-state index contributed by atoms with van der Waals surface area (Å²) < 4.78 is 36.3. The molecule has 5 aromatic rings. The lowest BCUT2D eigenvalue weighted by atomic mass is 10.1. The number of sulfonamides is 1. The third-order valence-corrected chi connectivity index (χ3v) is 8.05. The van der Waals surface area contributed by atoms with Crippen LogP contribution in [0.2, 0.25) is 0 Å². The number of aromatic nitrogens is 6. The largest absolute Gasteiger partial charge is 0.508 e. The fraction of sp³-hybridized carbons (Fsp3) is 0.250. The van der Waals surface area contributed by atoms with Gasteiger partial charge in [-0.1, -0.05) is 12.1 Å². The molecule has 1 aliphatic rings. The smallest absolute Gasteiger partial charge is 0.306 e. The summed E-state index contributed by atoms with van der Waals surface area (Å²) in [4.78, 5) is 13.7. The van der Waals surface area contributed by atoms with E-state index in [0.717, 1.165) is 6.42 Å². The van der Waals surface area contributed by atoms with Crippen LogP contribution < -0.4 is 5.32 Å². The van der Waals surface area contributed by atoms with Crippen molar-refractivity contribution in [3.8, 4) is 28.4 Å². The zero-order chi connectivity index (χ0) is 25.6. The van der Waals surface area contributed by atoms with E-state index in [1.165, 1.54) is 21.3 Å². The van der Waals surface area contributed by atoms with Crippen LogP contribution in [0, 0.1) is 0 Å². The Balaban J connectivity index is 1.29. The van der Waals surface area contributed by atoms with Crippen molar-refractivity contribution in [2.75, 3.05) is 18.4 Å². The number of fused-ring (bicyclic) bond motifs is 1. The second kappa shape index (κ2) is 9.01. The maximum absolute atomic E-state index is 13.1. The van der Waals surface area contributed by atoms with E-state index < -0.39 is 10.0 Å². The maximum atomic E-state index is 13.1. The van der Waals surface area contributed by atoms with Gasteiger partial charge in [-0.3, -0.25) is 9.08 Å². The number of rotatable bonds is 6. The van der Waals surface area contributed by atoms with E-state index in [1.54, 1.807) is 54.3 Å². The summed E-state index contributed by atoms with van der Waals surface area (Å²) >= 11 is 0. The first-order valence-corrected chi connectivity index (χ1v) is 13.2. The summed E-state index contributed by atoms with van der Waals surface area (Å²) in [5, 5.41) is 17.4. The van der Waals surface area contributed by atoms with E-state index in [9.17, 15) is 13.5 Å². The zero-order valence-corrected chi connectivity index (χ0v) is 20.7. The third-order valence-electron chi connectivity index (χ3n) is 6.29. The molecule has 0 bridgehead atoms. The van der Waals surface area contributed by atoms with Gasteiger partial charge in [0.2, 0.25) is 5.95 Å². The molecule has 4 aromatic heterocycles. The van der Waals surface area contributed by atoms with Crippen molar-refractivity contribution in [2.45, 2.75) is 23.9 Å². The van der Waals surface area contributed by atoms with Gasteiger partial charge in [-0.2, -0.15) is 14.4 Å². The highest BCUT2D eigenvalue weighted by atomic mass is 32.2. The fourth-order valence-electron chi connectivity index (χ4n) is 4.57. The first-order chi connectivity index (χ1) is 17.9. The second-order valence-corrected chi connectivity index (χ2v) is 10.7. The number of oxazole rings is 1. The number of phenolic OH excluding ortho intramolecular Hbond substituents is 1. The first kappa shape index (κ1) is 23.2. The minimum Gasteiger partial charge on any atom is -0.508 e. The van der Waals surface area contributed by atoms with Crippen LogP contribution in [-0.2, 0) is 17.1 Å². The summed E-state index contributed by atoms with van der Waals surface area (Å²) in [6.07, 6.45) is 8.02. The van der Waals surface area contributed by atoms with Gasteiger partial charge in [-0.25, -0.2) is 18.4 Å². The Hall–Kier alpha value is -4.23. The topological polar surface area (TPSA) is 144 Å². The Labute approximate surface area is 212 Å². The number of benzene rings is 1. The first-order valence-electron chi connectivity index (χ1n) is 11.7. The molecule has 1 fully saturated rings. The summed E-state index contributed by atoms with van der Waals surface area (Å²) in [5.74, 6) is 0.893. The molecule has 2 N–H and O–H groups in total. The van der Waals surface area contributed by atoms with Crippen molar-refractivity contribution in [1.82, 2.24) is 33.4 Å². The number of nitrogens with zero attached hydrogens (tertiary/aromatic N) is 7. The Bertz CT molecular complexity index is 1690. The van der Waals surface area contributed by atoms with E-state index in [1.807, 2.05) is 6.07 Å². The van der Waals surface area contributed by atoms with E-state index in [-0.39, 0.29) is 23.4 Å². The summed E-state index contributed by atoms with van der Waals surface area (Å²) in [5.41, 5.74) is 2.59. The summed E-state index contributed by atoms with van der Waals surface area (Å²) in [7, 11) is -2.00. The molecule has 0 radical (unpaired) electrons. The maximum Gasteiger partial charge on any atom is 0.306 e. The van der Waals surface area contributed by atoms with E-state index >= 15 is 0 Å². The molecule has 0 amide bonds. The molecule has 12 nitrogen and oxygen atoms in total. The fourth-order valence-corrected chi connectivity index (χ4v) is 6.04. The summed E-state index contributed by atoms with van der Waals surface area (Å²) in [6.45, 7) is 0.708. The molecule has 1 saturated heterocycles. The molecule has 6 rings (SSSR count). The molecule has 1 aromatic carbocycles. The lowest BCUT2D eigenvalue weighted by Gasteiger charge is -2.31. The van der Waals surface area contributed by atoms with Crippen LogP contribution in [0.5, 0.6) is 5.75 Å². The van der Waals surface area contributed by atoms with E-state index in [4.69, 9.17) is 9.40 Å². The number of piperidine rings is 1. The van der Waals surface area contributed by atoms with Gasteiger partial charge in [-0.15, -0.1) is 0 Å². The van der Waals surface area contributed by atoms with Crippen LogP contribution in [0.15, 0.2) is 70.7 Å². The molecular formula is C24H24N8O4S. The number of imidazole rings is 1. The molecule has 0 unspecified atom stereocenters. The van der Waals surface area contributed by atoms with Gasteiger partial charge in [0.15, 0.2) is 5.03 Å². The zero-order valence-electron chi connectivity index (χ0n) is 19.9. The van der Waals surface area contributed by atoms with E-state index in [0.29, 0.717) is 47.4 Å². The average molecular weight is 521 g/mol. The van der Waals surface area contributed by atoms with Crippen molar-refractivity contribution >= 4 is 21.8 Å². The quantitative estimate of drug-likeness (QED) is 0.345. The highest BCUT2D eigenvalue weighted by molar-refractivity contribution is 7.89. The average Bonchev–Trinajstić information content (AvgIpc) is 3.61. The molecule has 1 aliphatic heterocycles. The molecular weight excluding hydrogens is 496 g/mol. The Morgan fingerprint density at radius 3 is 2.86 bits per heavy atom. The minimum absolute atomic E-state index is 0.0400. The van der Waals surface area contributed by atoms with Crippen molar-refractivity contribution in [1.29, 1.82) is 0 Å². The second-order valence-electron chi connectivity index (χ2n) is 8.85. The van der Waals surface area contributed by atoms with E-state index in [2.05, 4.69) is 20.4 Å². The molecule has 0 saturated carbocycles. The number of hydrogen-bond acceptors (Lipinski definition) is 9. The lowest BCUT2D eigenvalue weighted by molar-refractivity contribution is 0.325. The van der Waals surface area contributed by atoms with Crippen molar-refractivity contribution < 1.29 is 17.9 Å². The molecule has 0 spiro atoms. The standard InChI is InChI=1S/C24H24N8O4S/c1-30-11-8-20(29-30)37(34,35)31-10-3-5-17(15-31)26-23-25-9-7-19(27-23)22-21(16-4-2-6-18(33)14-16)28-24-32(22)12-13-36-24/h2,4,6-9,11-14,17,33H,3,5,10,15H2,1H3,(H,25,26,27)/t17-/m0/s1. The Morgan fingerprint density at radius 1 is 1.16 bits per heavy atom. The number of aromatic hydroxyl groups is 1. The number of hydrogen-bond donors (Lipinski definition) is 2. The SMILES string of the molecule is Cn1ccc(S(=O)(=O)N2CCC[C@H](Nc3nccc(-c4c(-c5cccc(O)c5)nc5occn45)n3)C2)n1. The van der Waals surface area contributed by atoms with Crippen LogP contribution in [0.4, 0.5) is 5.95 Å². The van der Waals surface area contributed by atoms with Crippen LogP contribution in [0.25, 0.3) is 28.5 Å². The minimum atomic E-state index is -3.69. The highest BCUT2D eigenvalue weighted by Crippen LogP contribution is 2.33. The Kier molecular flexibility index (Phi) is 5.65. The van der Waals surface area contributed by atoms with Crippen LogP contribution >= 0.6 is 0 Å². The number of nitrogens with one attached hydrogen (secondary N) is 1. The van der Waals surface area contributed by atoms with Crippen LogP contribution in [-0.4, -0.2) is 66.1 Å². The Morgan fingerprint density at radius 2 is 2.05 bits per heavy atom. The predicted molar refractivity (Wildman–Crippen MR) is 134 cm³/mol.